The second kappa shape index (κ2) is 4.29. The molecule has 2 atom stereocenters. The van der Waals surface area contributed by atoms with E-state index in [0.29, 0.717) is 0 Å². The Kier molecular flexibility index (Phi) is 3.20. The quantitative estimate of drug-likeness (QED) is 0.629. The molecule has 0 amide bonds. The fourth-order valence-corrected chi connectivity index (χ4v) is 4.24. The fourth-order valence-electron chi connectivity index (χ4n) is 3.10. The van der Waals surface area contributed by atoms with E-state index in [9.17, 15) is 0 Å². The lowest BCUT2D eigenvalue weighted by Gasteiger charge is -2.29. The highest BCUT2D eigenvalue weighted by atomic mass is 32.1. The van der Waals surface area contributed by atoms with Gasteiger partial charge in [-0.25, -0.2) is 0 Å². The first-order valence-electron chi connectivity index (χ1n) is 6.17. The van der Waals surface area contributed by atoms with Gasteiger partial charge in [-0.05, 0) is 50.2 Å². The SMILES string of the molecule is Cc1sc(C)c(C2CCCC[C@H]2C)c1C. The van der Waals surface area contributed by atoms with Crippen molar-refractivity contribution in [1.29, 1.82) is 0 Å². The first-order chi connectivity index (χ1) is 7.11. The molecule has 15 heavy (non-hydrogen) atoms. The first kappa shape index (κ1) is 11.2. The van der Waals surface area contributed by atoms with Gasteiger partial charge in [-0.2, -0.15) is 0 Å². The van der Waals surface area contributed by atoms with Crippen LogP contribution in [0, 0.1) is 26.7 Å². The molecule has 0 N–H and O–H groups in total. The molecule has 1 aliphatic carbocycles. The fraction of sp³-hybridized carbons (Fsp3) is 0.714. The highest BCUT2D eigenvalue weighted by molar-refractivity contribution is 7.12. The number of hydrogen-bond donors (Lipinski definition) is 0. The summed E-state index contributed by atoms with van der Waals surface area (Å²) in [5, 5.41) is 0. The maximum absolute atomic E-state index is 2.44. The zero-order valence-corrected chi connectivity index (χ0v) is 11.2. The zero-order chi connectivity index (χ0) is 11.0. The van der Waals surface area contributed by atoms with Crippen molar-refractivity contribution in [2.75, 3.05) is 0 Å². The third-order valence-electron chi connectivity index (χ3n) is 4.10. The van der Waals surface area contributed by atoms with Gasteiger partial charge in [-0.15, -0.1) is 11.3 Å². The van der Waals surface area contributed by atoms with Crippen LogP contribution in [0.25, 0.3) is 0 Å². The van der Waals surface area contributed by atoms with Gasteiger partial charge >= 0.3 is 0 Å². The van der Waals surface area contributed by atoms with Gasteiger partial charge in [0.1, 0.15) is 0 Å². The number of aryl methyl sites for hydroxylation is 2. The Labute approximate surface area is 97.7 Å². The Morgan fingerprint density at radius 1 is 1.00 bits per heavy atom. The third kappa shape index (κ3) is 1.99. The van der Waals surface area contributed by atoms with Gasteiger partial charge in [0.2, 0.25) is 0 Å². The number of thiophene rings is 1. The van der Waals surface area contributed by atoms with Gasteiger partial charge < -0.3 is 0 Å². The van der Waals surface area contributed by atoms with Gasteiger partial charge in [0, 0.05) is 9.75 Å². The summed E-state index contributed by atoms with van der Waals surface area (Å²) in [6, 6.07) is 0. The van der Waals surface area contributed by atoms with Crippen molar-refractivity contribution in [2.24, 2.45) is 5.92 Å². The summed E-state index contributed by atoms with van der Waals surface area (Å²) in [4.78, 5) is 3.10. The van der Waals surface area contributed by atoms with E-state index in [4.69, 9.17) is 0 Å². The van der Waals surface area contributed by atoms with Crippen molar-refractivity contribution >= 4 is 11.3 Å². The molecule has 0 nitrogen and oxygen atoms in total. The van der Waals surface area contributed by atoms with E-state index in [2.05, 4.69) is 27.7 Å². The lowest BCUT2D eigenvalue weighted by Crippen LogP contribution is -2.15. The summed E-state index contributed by atoms with van der Waals surface area (Å²) in [6.07, 6.45) is 5.72. The molecule has 1 aliphatic rings. The molecule has 2 rings (SSSR count). The van der Waals surface area contributed by atoms with Crippen molar-refractivity contribution in [3.63, 3.8) is 0 Å². The zero-order valence-electron chi connectivity index (χ0n) is 10.4. The largest absolute Gasteiger partial charge is 0.145 e. The maximum Gasteiger partial charge on any atom is 0.00547 e. The molecular formula is C14H22S. The third-order valence-corrected chi connectivity index (χ3v) is 5.24. The van der Waals surface area contributed by atoms with Crippen molar-refractivity contribution in [3.8, 4) is 0 Å². The van der Waals surface area contributed by atoms with Crippen LogP contribution in [0.1, 0.15) is 59.4 Å². The molecular weight excluding hydrogens is 200 g/mol. The van der Waals surface area contributed by atoms with Gasteiger partial charge in [-0.1, -0.05) is 26.2 Å². The van der Waals surface area contributed by atoms with Crippen LogP contribution in [0.4, 0.5) is 0 Å². The molecule has 0 radical (unpaired) electrons. The summed E-state index contributed by atoms with van der Waals surface area (Å²) >= 11 is 1.99. The Hall–Kier alpha value is -0.300. The van der Waals surface area contributed by atoms with Crippen molar-refractivity contribution in [2.45, 2.75) is 59.3 Å². The Bertz CT molecular complexity index is 348. The summed E-state index contributed by atoms with van der Waals surface area (Å²) in [7, 11) is 0. The molecule has 0 saturated heterocycles. The van der Waals surface area contributed by atoms with Gasteiger partial charge in [0.15, 0.2) is 0 Å². The molecule has 84 valence electrons. The van der Waals surface area contributed by atoms with Crippen LogP contribution in [0.15, 0.2) is 0 Å². The van der Waals surface area contributed by atoms with Crippen LogP contribution in [-0.4, -0.2) is 0 Å². The molecule has 1 heteroatoms. The highest BCUT2D eigenvalue weighted by Gasteiger charge is 2.26. The van der Waals surface area contributed by atoms with Gasteiger partial charge in [0.25, 0.3) is 0 Å². The van der Waals surface area contributed by atoms with Crippen LogP contribution < -0.4 is 0 Å². The Balaban J connectivity index is 2.35. The van der Waals surface area contributed by atoms with Crippen LogP contribution in [0.3, 0.4) is 0 Å². The molecule has 1 aromatic rings. The van der Waals surface area contributed by atoms with Crippen molar-refractivity contribution in [1.82, 2.24) is 0 Å². The summed E-state index contributed by atoms with van der Waals surface area (Å²) in [6.45, 7) is 9.33. The second-order valence-electron chi connectivity index (χ2n) is 5.12. The van der Waals surface area contributed by atoms with Crippen molar-refractivity contribution in [3.05, 3.63) is 20.9 Å². The highest BCUT2D eigenvalue weighted by Crippen LogP contribution is 2.43. The average Bonchev–Trinajstić information content (AvgIpc) is 2.43. The monoisotopic (exact) mass is 222 g/mol. The molecule has 1 heterocycles. The molecule has 0 aliphatic heterocycles. The van der Waals surface area contributed by atoms with E-state index < -0.39 is 0 Å². The van der Waals surface area contributed by atoms with Crippen molar-refractivity contribution < 1.29 is 0 Å². The van der Waals surface area contributed by atoms with Crippen LogP contribution in [0.5, 0.6) is 0 Å². The lowest BCUT2D eigenvalue weighted by molar-refractivity contribution is 0.329. The minimum atomic E-state index is 0.851. The molecule has 1 unspecified atom stereocenters. The summed E-state index contributed by atoms with van der Waals surface area (Å²) in [5.74, 6) is 1.74. The summed E-state index contributed by atoms with van der Waals surface area (Å²) < 4.78 is 0. The minimum absolute atomic E-state index is 0.851. The standard InChI is InChI=1S/C14H22S/c1-9-7-5-6-8-13(9)14-10(2)11(3)15-12(14)4/h9,13H,5-8H2,1-4H3/t9-,13?/m1/s1. The minimum Gasteiger partial charge on any atom is -0.145 e. The molecule has 1 saturated carbocycles. The van der Waals surface area contributed by atoms with E-state index in [1.54, 1.807) is 16.0 Å². The smallest absolute Gasteiger partial charge is 0.00547 e. The van der Waals surface area contributed by atoms with Gasteiger partial charge in [0.05, 0.1) is 0 Å². The number of hydrogen-bond acceptors (Lipinski definition) is 1. The molecule has 1 fully saturated rings. The van der Waals surface area contributed by atoms with E-state index in [0.717, 1.165) is 11.8 Å². The maximum atomic E-state index is 2.44. The lowest BCUT2D eigenvalue weighted by atomic mass is 9.75. The Morgan fingerprint density at radius 3 is 2.20 bits per heavy atom. The second-order valence-corrected chi connectivity index (χ2v) is 6.55. The predicted molar refractivity (Wildman–Crippen MR) is 68.9 cm³/mol. The molecule has 1 aromatic heterocycles. The van der Waals surface area contributed by atoms with E-state index in [-0.39, 0.29) is 0 Å². The van der Waals surface area contributed by atoms with E-state index in [1.165, 1.54) is 30.6 Å². The van der Waals surface area contributed by atoms with Crippen LogP contribution >= 0.6 is 11.3 Å². The normalized spacial score (nSPS) is 26.9. The van der Waals surface area contributed by atoms with Gasteiger partial charge in [-0.3, -0.25) is 0 Å². The van der Waals surface area contributed by atoms with E-state index in [1.807, 2.05) is 11.3 Å². The predicted octanol–water partition coefficient (Wildman–Crippen LogP) is 4.97. The molecule has 0 bridgehead atoms. The molecule has 0 aromatic carbocycles. The van der Waals surface area contributed by atoms with Crippen LogP contribution in [0.2, 0.25) is 0 Å². The Morgan fingerprint density at radius 2 is 1.67 bits per heavy atom. The van der Waals surface area contributed by atoms with E-state index >= 15 is 0 Å². The van der Waals surface area contributed by atoms with Crippen LogP contribution in [-0.2, 0) is 0 Å². The first-order valence-corrected chi connectivity index (χ1v) is 6.99. The molecule has 0 spiro atoms. The average molecular weight is 222 g/mol. The number of rotatable bonds is 1. The summed E-state index contributed by atoms with van der Waals surface area (Å²) in [5.41, 5.74) is 3.28. The topological polar surface area (TPSA) is 0 Å².